The Bertz CT molecular complexity index is 616. The lowest BCUT2D eigenvalue weighted by Crippen LogP contribution is -2.33. The van der Waals surface area contributed by atoms with E-state index in [-0.39, 0.29) is 17.3 Å². The summed E-state index contributed by atoms with van der Waals surface area (Å²) in [6, 6.07) is 0. The molecule has 0 bridgehead atoms. The fraction of sp³-hybridized carbons (Fsp3) is 0.571. The second-order valence-electron chi connectivity index (χ2n) is 5.37. The van der Waals surface area contributed by atoms with E-state index in [0.29, 0.717) is 0 Å². The van der Waals surface area contributed by atoms with Crippen molar-refractivity contribution in [2.45, 2.75) is 38.4 Å². The molecule has 120 valence electrons. The van der Waals surface area contributed by atoms with Crippen LogP contribution in [0.5, 0.6) is 0 Å². The van der Waals surface area contributed by atoms with Crippen LogP contribution in [-0.4, -0.2) is 55.7 Å². The summed E-state index contributed by atoms with van der Waals surface area (Å²) in [5, 5.41) is 29.0. The van der Waals surface area contributed by atoms with Crippen LogP contribution in [0.4, 0.5) is 0 Å². The van der Waals surface area contributed by atoms with Crippen LogP contribution in [0.1, 0.15) is 36.3 Å². The molecule has 1 fully saturated rings. The van der Waals surface area contributed by atoms with Gasteiger partial charge in [0.25, 0.3) is 5.91 Å². The van der Waals surface area contributed by atoms with Crippen molar-refractivity contribution in [3.05, 3.63) is 17.7 Å². The third-order valence-electron chi connectivity index (χ3n) is 3.30. The maximum absolute atomic E-state index is 11.4. The Morgan fingerprint density at radius 3 is 2.68 bits per heavy atom. The van der Waals surface area contributed by atoms with Gasteiger partial charge in [-0.05, 0) is 5.92 Å². The van der Waals surface area contributed by atoms with Crippen molar-refractivity contribution in [1.82, 2.24) is 9.55 Å². The van der Waals surface area contributed by atoms with Crippen LogP contribution >= 0.6 is 0 Å². The van der Waals surface area contributed by atoms with E-state index in [9.17, 15) is 15.0 Å². The summed E-state index contributed by atoms with van der Waals surface area (Å²) in [4.78, 5) is 15.3. The van der Waals surface area contributed by atoms with E-state index in [1.165, 1.54) is 10.9 Å². The van der Waals surface area contributed by atoms with Gasteiger partial charge in [0, 0.05) is 5.92 Å². The van der Waals surface area contributed by atoms with Crippen LogP contribution in [0.2, 0.25) is 0 Å². The molecule has 0 radical (unpaired) electrons. The maximum atomic E-state index is 11.4. The standard InChI is InChI=1S/C14H19N3O5/c1-7(2)3-4-8-10(13(15)21)16-6-17(8)14-12(20)11(19)9(5-18)22-14/h6-7,9,11-12,14,18-20H,5H2,1-2H3,(H2,15,21)/t9-,11-,12-,14-/m1/s1. The highest BCUT2D eigenvalue weighted by Crippen LogP contribution is 2.30. The highest BCUT2D eigenvalue weighted by molar-refractivity contribution is 5.93. The lowest BCUT2D eigenvalue weighted by atomic mass is 10.1. The predicted octanol–water partition coefficient (Wildman–Crippen LogP) is -1.40. The molecule has 0 unspecified atom stereocenters. The molecular formula is C14H19N3O5. The van der Waals surface area contributed by atoms with E-state index >= 15 is 0 Å². The van der Waals surface area contributed by atoms with Crippen LogP contribution in [0, 0.1) is 17.8 Å². The largest absolute Gasteiger partial charge is 0.394 e. The van der Waals surface area contributed by atoms with Gasteiger partial charge in [0.15, 0.2) is 11.9 Å². The van der Waals surface area contributed by atoms with Crippen LogP contribution in [0.25, 0.3) is 0 Å². The summed E-state index contributed by atoms with van der Waals surface area (Å²) in [6.45, 7) is 3.31. The molecule has 1 aliphatic rings. The minimum Gasteiger partial charge on any atom is -0.394 e. The molecule has 4 atom stereocenters. The third-order valence-corrected chi connectivity index (χ3v) is 3.30. The molecule has 1 amide bonds. The van der Waals surface area contributed by atoms with E-state index in [4.69, 9.17) is 15.6 Å². The summed E-state index contributed by atoms with van der Waals surface area (Å²) < 4.78 is 6.76. The van der Waals surface area contributed by atoms with Gasteiger partial charge in [-0.15, -0.1) is 0 Å². The van der Waals surface area contributed by atoms with Crippen LogP contribution in [0.3, 0.4) is 0 Å². The highest BCUT2D eigenvalue weighted by Gasteiger charge is 2.44. The number of carbonyl (C=O) groups excluding carboxylic acids is 1. The quantitative estimate of drug-likeness (QED) is 0.508. The molecule has 22 heavy (non-hydrogen) atoms. The Hall–Kier alpha value is -1.92. The highest BCUT2D eigenvalue weighted by atomic mass is 16.6. The fourth-order valence-electron chi connectivity index (χ4n) is 2.18. The van der Waals surface area contributed by atoms with E-state index < -0.39 is 37.1 Å². The van der Waals surface area contributed by atoms with Crippen molar-refractivity contribution in [3.8, 4) is 11.8 Å². The molecule has 5 N–H and O–H groups in total. The Kier molecular flexibility index (Phi) is 4.83. The average molecular weight is 309 g/mol. The number of hydrogen-bond acceptors (Lipinski definition) is 6. The van der Waals surface area contributed by atoms with Crippen LogP contribution in [-0.2, 0) is 4.74 Å². The van der Waals surface area contributed by atoms with Crippen molar-refractivity contribution in [1.29, 1.82) is 0 Å². The first-order valence-corrected chi connectivity index (χ1v) is 6.87. The Morgan fingerprint density at radius 2 is 2.18 bits per heavy atom. The summed E-state index contributed by atoms with van der Waals surface area (Å²) in [5.41, 5.74) is 5.44. The van der Waals surface area contributed by atoms with Gasteiger partial charge in [-0.1, -0.05) is 19.8 Å². The zero-order chi connectivity index (χ0) is 16.4. The summed E-state index contributed by atoms with van der Waals surface area (Å²) in [7, 11) is 0. The van der Waals surface area contributed by atoms with Gasteiger partial charge >= 0.3 is 0 Å². The number of aliphatic hydroxyl groups is 3. The van der Waals surface area contributed by atoms with Gasteiger partial charge in [-0.2, -0.15) is 0 Å². The maximum Gasteiger partial charge on any atom is 0.270 e. The van der Waals surface area contributed by atoms with E-state index in [1.807, 2.05) is 13.8 Å². The molecule has 1 saturated heterocycles. The number of imidazole rings is 1. The minimum absolute atomic E-state index is 0.0362. The summed E-state index contributed by atoms with van der Waals surface area (Å²) in [6.07, 6.45) is -3.20. The molecule has 1 aromatic rings. The number of carbonyl (C=O) groups is 1. The Balaban J connectivity index is 2.44. The summed E-state index contributed by atoms with van der Waals surface area (Å²) in [5.74, 6) is 4.99. The number of hydrogen-bond donors (Lipinski definition) is 4. The second kappa shape index (κ2) is 6.46. The average Bonchev–Trinajstić information content (AvgIpc) is 2.99. The smallest absolute Gasteiger partial charge is 0.270 e. The van der Waals surface area contributed by atoms with E-state index in [1.54, 1.807) is 0 Å². The van der Waals surface area contributed by atoms with Gasteiger partial charge in [-0.3, -0.25) is 9.36 Å². The van der Waals surface area contributed by atoms with Crippen molar-refractivity contribution in [3.63, 3.8) is 0 Å². The van der Waals surface area contributed by atoms with Crippen molar-refractivity contribution in [2.24, 2.45) is 11.7 Å². The number of amides is 1. The first-order valence-electron chi connectivity index (χ1n) is 6.87. The van der Waals surface area contributed by atoms with Crippen molar-refractivity contribution in [2.75, 3.05) is 6.61 Å². The van der Waals surface area contributed by atoms with E-state index in [0.717, 1.165) is 0 Å². The monoisotopic (exact) mass is 309 g/mol. The predicted molar refractivity (Wildman–Crippen MR) is 75.5 cm³/mol. The third kappa shape index (κ3) is 2.98. The number of aliphatic hydroxyl groups excluding tert-OH is 3. The van der Waals surface area contributed by atoms with Gasteiger partial charge in [0.1, 0.15) is 24.0 Å². The molecule has 2 rings (SSSR count). The number of aromatic nitrogens is 2. The molecule has 0 aliphatic carbocycles. The SMILES string of the molecule is CC(C)C#Cc1c(C(N)=O)ncn1[C@@H]1O[C@H](CO)[C@@H](O)[C@H]1O. The molecular weight excluding hydrogens is 290 g/mol. The van der Waals surface area contributed by atoms with Gasteiger partial charge in [0.05, 0.1) is 12.9 Å². The molecule has 8 nitrogen and oxygen atoms in total. The lowest BCUT2D eigenvalue weighted by molar-refractivity contribution is -0.0531. The van der Waals surface area contributed by atoms with Gasteiger partial charge in [0.2, 0.25) is 0 Å². The Labute approximate surface area is 127 Å². The molecule has 8 heteroatoms. The zero-order valence-electron chi connectivity index (χ0n) is 12.3. The molecule has 0 saturated carbocycles. The van der Waals surface area contributed by atoms with Gasteiger partial charge < -0.3 is 25.8 Å². The Morgan fingerprint density at radius 1 is 1.50 bits per heavy atom. The topological polar surface area (TPSA) is 131 Å². The number of rotatable bonds is 3. The number of nitrogens with two attached hydrogens (primary N) is 1. The molecule has 0 aromatic carbocycles. The first-order chi connectivity index (χ1) is 10.4. The summed E-state index contributed by atoms with van der Waals surface area (Å²) >= 11 is 0. The van der Waals surface area contributed by atoms with E-state index in [2.05, 4.69) is 16.8 Å². The van der Waals surface area contributed by atoms with Crippen molar-refractivity contribution < 1.29 is 24.9 Å². The van der Waals surface area contributed by atoms with Crippen LogP contribution in [0.15, 0.2) is 6.33 Å². The zero-order valence-corrected chi connectivity index (χ0v) is 12.3. The minimum atomic E-state index is -1.29. The number of ether oxygens (including phenoxy) is 1. The number of nitrogens with zero attached hydrogens (tertiary/aromatic N) is 2. The second-order valence-corrected chi connectivity index (χ2v) is 5.37. The number of primary amides is 1. The molecule has 0 spiro atoms. The fourth-order valence-corrected chi connectivity index (χ4v) is 2.18. The van der Waals surface area contributed by atoms with Crippen molar-refractivity contribution >= 4 is 5.91 Å². The molecule has 1 aliphatic heterocycles. The molecule has 1 aromatic heterocycles. The normalized spacial score (nSPS) is 27.7. The van der Waals surface area contributed by atoms with Gasteiger partial charge in [-0.25, -0.2) is 4.98 Å². The van der Waals surface area contributed by atoms with Crippen LogP contribution < -0.4 is 5.73 Å². The first kappa shape index (κ1) is 16.5. The lowest BCUT2D eigenvalue weighted by Gasteiger charge is -2.17. The molecule has 2 heterocycles.